The highest BCUT2D eigenvalue weighted by atomic mass is 127. The molecule has 0 saturated heterocycles. The summed E-state index contributed by atoms with van der Waals surface area (Å²) >= 11 is 14.5. The highest BCUT2D eigenvalue weighted by Crippen LogP contribution is 2.35. The zero-order chi connectivity index (χ0) is 26.5. The van der Waals surface area contributed by atoms with Gasteiger partial charge in [0.15, 0.2) is 0 Å². The number of nitrogens with zero attached hydrogens (tertiary/aromatic N) is 1. The second-order valence-corrected chi connectivity index (χ2v) is 11.3. The van der Waals surface area contributed by atoms with E-state index in [0.717, 1.165) is 28.4 Å². The van der Waals surface area contributed by atoms with Crippen molar-refractivity contribution < 1.29 is 24.5 Å². The largest absolute Gasteiger partial charge is 0.482 e. The molecule has 0 spiro atoms. The summed E-state index contributed by atoms with van der Waals surface area (Å²) < 4.78 is 7.04. The van der Waals surface area contributed by atoms with E-state index in [9.17, 15) is 19.8 Å². The van der Waals surface area contributed by atoms with E-state index in [1.807, 2.05) is 18.2 Å². The van der Waals surface area contributed by atoms with Crippen molar-refractivity contribution in [1.82, 2.24) is 10.2 Å². The minimum absolute atomic E-state index is 0.0635. The van der Waals surface area contributed by atoms with Crippen LogP contribution in [-0.2, 0) is 16.1 Å². The van der Waals surface area contributed by atoms with Gasteiger partial charge in [-0.1, -0.05) is 47.8 Å². The summed E-state index contributed by atoms with van der Waals surface area (Å²) in [4.78, 5) is 28.3. The zero-order valence-corrected chi connectivity index (χ0v) is 23.7. The molecule has 10 heteroatoms. The molecule has 0 aromatic heterocycles. The first kappa shape index (κ1) is 28.2. The Balaban J connectivity index is 1.68. The first-order valence-electron chi connectivity index (χ1n) is 12.2. The van der Waals surface area contributed by atoms with Gasteiger partial charge in [-0.15, -0.1) is 0 Å². The summed E-state index contributed by atoms with van der Waals surface area (Å²) in [6.07, 6.45) is 2.37. The number of carbonyl (C=O) groups excluding carboxylic acids is 2. The van der Waals surface area contributed by atoms with Crippen LogP contribution in [0, 0.1) is 9.49 Å². The number of hydrogen-bond acceptors (Lipinski definition) is 5. The molecule has 0 bridgehead atoms. The van der Waals surface area contributed by atoms with Crippen molar-refractivity contribution in [2.24, 2.45) is 5.92 Å². The molecule has 2 amide bonds. The lowest BCUT2D eigenvalue weighted by Gasteiger charge is -2.43. The molecule has 0 radical (unpaired) electrons. The number of nitrogens with one attached hydrogen (secondary N) is 1. The van der Waals surface area contributed by atoms with Crippen molar-refractivity contribution in [3.8, 4) is 5.75 Å². The summed E-state index contributed by atoms with van der Waals surface area (Å²) in [6, 6.07) is 11.9. The molecule has 2 aliphatic carbocycles. The lowest BCUT2D eigenvalue weighted by molar-refractivity contribution is -0.146. The molecule has 1 saturated carbocycles. The Hall–Kier alpha value is -1.85. The van der Waals surface area contributed by atoms with Gasteiger partial charge in [-0.2, -0.15) is 0 Å². The molecule has 3 atom stereocenters. The van der Waals surface area contributed by atoms with Crippen LogP contribution >= 0.6 is 45.8 Å². The van der Waals surface area contributed by atoms with Gasteiger partial charge < -0.3 is 25.2 Å². The lowest BCUT2D eigenvalue weighted by atomic mass is 9.82. The normalized spacial score (nSPS) is 21.5. The van der Waals surface area contributed by atoms with Crippen molar-refractivity contribution in [3.63, 3.8) is 0 Å². The molecule has 0 unspecified atom stereocenters. The van der Waals surface area contributed by atoms with Gasteiger partial charge in [0, 0.05) is 31.0 Å². The van der Waals surface area contributed by atoms with Crippen LogP contribution in [0.25, 0.3) is 0 Å². The van der Waals surface area contributed by atoms with Gasteiger partial charge in [0.1, 0.15) is 18.0 Å². The molecule has 0 aliphatic heterocycles. The molecular formula is C27H29Cl2IN2O5. The second kappa shape index (κ2) is 12.8. The van der Waals surface area contributed by atoms with Crippen molar-refractivity contribution in [2.75, 3.05) is 13.2 Å². The number of hydrogen-bond donors (Lipinski definition) is 3. The van der Waals surface area contributed by atoms with Crippen molar-refractivity contribution in [1.29, 1.82) is 0 Å². The minimum Gasteiger partial charge on any atom is -0.482 e. The number of para-hydroxylation sites is 1. The van der Waals surface area contributed by atoms with E-state index < -0.39 is 18.2 Å². The standard InChI is InChI=1S/C27H29Cl2IN2O5/c28-19-9-8-16(12-20(19)29)15-32(27(36)17-4-3-5-17)22-13-18(26(35)31-10-11-33)14-24(25(22)34)37-23-7-2-1-6-21(23)30/h1-2,6-9,12,14,17,22,24-25,33-34H,3-5,10-11,13,15H2,(H,31,35)/t22-,24+,25+/m1/s1. The molecule has 2 aromatic rings. The van der Waals surface area contributed by atoms with Crippen LogP contribution in [-0.4, -0.2) is 58.3 Å². The number of aliphatic hydroxyl groups excluding tert-OH is 2. The molecule has 0 heterocycles. The van der Waals surface area contributed by atoms with Gasteiger partial charge in [0.2, 0.25) is 11.8 Å². The number of benzene rings is 2. The maximum absolute atomic E-state index is 13.7. The van der Waals surface area contributed by atoms with E-state index in [4.69, 9.17) is 27.9 Å². The van der Waals surface area contributed by atoms with Gasteiger partial charge in [-0.05, 0) is 71.3 Å². The number of aliphatic hydroxyl groups is 2. The van der Waals surface area contributed by atoms with Gasteiger partial charge in [-0.25, -0.2) is 0 Å². The third-order valence-electron chi connectivity index (χ3n) is 6.79. The number of carbonyl (C=O) groups is 2. The van der Waals surface area contributed by atoms with Crippen LogP contribution < -0.4 is 10.1 Å². The lowest BCUT2D eigenvalue weighted by Crippen LogP contribution is -2.56. The molecule has 2 aliphatic rings. The topological polar surface area (TPSA) is 99.1 Å². The van der Waals surface area contributed by atoms with Crippen LogP contribution in [0.15, 0.2) is 54.1 Å². The molecule has 4 rings (SSSR count). The van der Waals surface area contributed by atoms with Crippen molar-refractivity contribution in [2.45, 2.75) is 50.5 Å². The zero-order valence-electron chi connectivity index (χ0n) is 20.1. The Labute approximate surface area is 239 Å². The molecular weight excluding hydrogens is 630 g/mol. The predicted molar refractivity (Wildman–Crippen MR) is 151 cm³/mol. The number of ether oxygens (including phenoxy) is 1. The number of amides is 2. The molecule has 7 nitrogen and oxygen atoms in total. The van der Waals surface area contributed by atoms with E-state index >= 15 is 0 Å². The maximum atomic E-state index is 13.7. The average Bonchev–Trinajstić information content (AvgIpc) is 2.84. The van der Waals surface area contributed by atoms with Gasteiger partial charge in [-0.3, -0.25) is 9.59 Å². The van der Waals surface area contributed by atoms with Gasteiger partial charge in [0.05, 0.1) is 26.3 Å². The van der Waals surface area contributed by atoms with Gasteiger partial charge >= 0.3 is 0 Å². The average molecular weight is 659 g/mol. The Morgan fingerprint density at radius 3 is 2.54 bits per heavy atom. The van der Waals surface area contributed by atoms with E-state index in [0.29, 0.717) is 21.4 Å². The smallest absolute Gasteiger partial charge is 0.247 e. The SMILES string of the molecule is O=C(NCCO)C1=C[C@H](Oc2ccccc2I)[C@@H](O)[C@H](N(Cc2ccc(Cl)c(Cl)c2)C(=O)C2CCC2)C1. The number of rotatable bonds is 9. The summed E-state index contributed by atoms with van der Waals surface area (Å²) in [5.41, 5.74) is 1.16. The van der Waals surface area contributed by atoms with Crippen molar-refractivity contribution >= 4 is 57.6 Å². The van der Waals surface area contributed by atoms with Crippen molar-refractivity contribution in [3.05, 3.63) is 73.3 Å². The fourth-order valence-electron chi connectivity index (χ4n) is 4.55. The first-order valence-corrected chi connectivity index (χ1v) is 14.1. The Morgan fingerprint density at radius 1 is 1.14 bits per heavy atom. The molecule has 37 heavy (non-hydrogen) atoms. The first-order chi connectivity index (χ1) is 17.8. The van der Waals surface area contributed by atoms with Crippen LogP contribution in [0.4, 0.5) is 0 Å². The summed E-state index contributed by atoms with van der Waals surface area (Å²) in [5.74, 6) is 0.0156. The van der Waals surface area contributed by atoms with E-state index in [1.165, 1.54) is 0 Å². The highest BCUT2D eigenvalue weighted by molar-refractivity contribution is 14.1. The fourth-order valence-corrected chi connectivity index (χ4v) is 5.38. The van der Waals surface area contributed by atoms with Crippen LogP contribution in [0.3, 0.4) is 0 Å². The Kier molecular flexibility index (Phi) is 9.74. The summed E-state index contributed by atoms with van der Waals surface area (Å²) in [5, 5.41) is 24.2. The third kappa shape index (κ3) is 6.78. The van der Waals surface area contributed by atoms with Crippen LogP contribution in [0.5, 0.6) is 5.75 Å². The Morgan fingerprint density at radius 2 is 1.89 bits per heavy atom. The molecule has 3 N–H and O–H groups in total. The van der Waals surface area contributed by atoms with Crippen LogP contribution in [0.2, 0.25) is 10.0 Å². The summed E-state index contributed by atoms with van der Waals surface area (Å²) in [6.45, 7) is 0.103. The molecule has 198 valence electrons. The molecule has 2 aromatic carbocycles. The predicted octanol–water partition coefficient (Wildman–Crippen LogP) is 4.34. The fraction of sp³-hybridized carbons (Fsp3) is 0.407. The highest BCUT2D eigenvalue weighted by Gasteiger charge is 2.42. The maximum Gasteiger partial charge on any atom is 0.247 e. The third-order valence-corrected chi connectivity index (χ3v) is 8.42. The Bertz CT molecular complexity index is 1170. The minimum atomic E-state index is -1.09. The van der Waals surface area contributed by atoms with E-state index in [1.54, 1.807) is 35.2 Å². The quantitative estimate of drug-likeness (QED) is 0.348. The summed E-state index contributed by atoms with van der Waals surface area (Å²) in [7, 11) is 0. The van der Waals surface area contributed by atoms with E-state index in [-0.39, 0.29) is 43.8 Å². The van der Waals surface area contributed by atoms with Gasteiger partial charge in [0.25, 0.3) is 0 Å². The van der Waals surface area contributed by atoms with Crippen LogP contribution in [0.1, 0.15) is 31.2 Å². The molecule has 1 fully saturated rings. The second-order valence-electron chi connectivity index (χ2n) is 9.29. The number of halogens is 3. The monoisotopic (exact) mass is 658 g/mol. The van der Waals surface area contributed by atoms with E-state index in [2.05, 4.69) is 27.9 Å².